The van der Waals surface area contributed by atoms with Crippen LogP contribution >= 0.6 is 23.2 Å². The first-order valence-electron chi connectivity index (χ1n) is 13.0. The Morgan fingerprint density at radius 1 is 1.05 bits per heavy atom. The van der Waals surface area contributed by atoms with Gasteiger partial charge in [0.15, 0.2) is 0 Å². The minimum Gasteiger partial charge on any atom is -0.399 e. The minimum absolute atomic E-state index is 0.00600. The van der Waals surface area contributed by atoms with Gasteiger partial charge in [-0.15, -0.1) is 0 Å². The molecule has 0 aliphatic carbocycles. The monoisotopic (exact) mass is 554 g/mol. The van der Waals surface area contributed by atoms with Crippen molar-refractivity contribution in [2.75, 3.05) is 49.9 Å². The maximum Gasteiger partial charge on any atom is 0.253 e. The van der Waals surface area contributed by atoms with Gasteiger partial charge in [-0.1, -0.05) is 47.5 Å². The third-order valence-corrected chi connectivity index (χ3v) is 7.87. The van der Waals surface area contributed by atoms with Gasteiger partial charge in [0.1, 0.15) is 0 Å². The van der Waals surface area contributed by atoms with E-state index < -0.39 is 5.60 Å². The van der Waals surface area contributed by atoms with Crippen molar-refractivity contribution in [2.24, 2.45) is 0 Å². The number of nitrogens with zero attached hydrogens (tertiary/aromatic N) is 3. The molecule has 6 nitrogen and oxygen atoms in total. The van der Waals surface area contributed by atoms with E-state index in [1.807, 2.05) is 81.4 Å². The second kappa shape index (κ2) is 12.0. The van der Waals surface area contributed by atoms with Crippen molar-refractivity contribution < 1.29 is 9.90 Å². The molecule has 1 fully saturated rings. The number of halogens is 2. The molecule has 1 aliphatic heterocycles. The van der Waals surface area contributed by atoms with Crippen molar-refractivity contribution in [1.29, 1.82) is 0 Å². The molecule has 0 saturated carbocycles. The Labute approximate surface area is 235 Å². The Hall–Kier alpha value is -2.77. The molecule has 38 heavy (non-hydrogen) atoms. The van der Waals surface area contributed by atoms with Gasteiger partial charge in [0, 0.05) is 55.5 Å². The summed E-state index contributed by atoms with van der Waals surface area (Å²) in [5, 5.41) is 12.9. The van der Waals surface area contributed by atoms with Crippen LogP contribution in [0.1, 0.15) is 48.3 Å². The summed E-state index contributed by atoms with van der Waals surface area (Å²) in [6.45, 7) is 9.58. The fraction of sp³-hybridized carbons (Fsp3) is 0.367. The Kier molecular flexibility index (Phi) is 8.89. The van der Waals surface area contributed by atoms with E-state index in [9.17, 15) is 9.90 Å². The van der Waals surface area contributed by atoms with Crippen LogP contribution in [0.15, 0.2) is 66.7 Å². The van der Waals surface area contributed by atoms with Crippen molar-refractivity contribution in [1.82, 2.24) is 9.80 Å². The van der Waals surface area contributed by atoms with Gasteiger partial charge in [-0.2, -0.15) is 0 Å². The molecule has 0 radical (unpaired) electrons. The van der Waals surface area contributed by atoms with Crippen LogP contribution in [0.3, 0.4) is 0 Å². The molecule has 0 unspecified atom stereocenters. The number of aliphatic hydroxyl groups is 1. The normalized spacial score (nSPS) is 17.7. The minimum atomic E-state index is -1.15. The summed E-state index contributed by atoms with van der Waals surface area (Å²) in [6, 6.07) is 20.8. The highest BCUT2D eigenvalue weighted by Crippen LogP contribution is 2.37. The molecule has 0 aromatic heterocycles. The van der Waals surface area contributed by atoms with Gasteiger partial charge < -0.3 is 20.6 Å². The third-order valence-electron chi connectivity index (χ3n) is 7.31. The second-order valence-corrected chi connectivity index (χ2v) is 10.9. The van der Waals surface area contributed by atoms with Crippen molar-refractivity contribution in [2.45, 2.75) is 32.4 Å². The van der Waals surface area contributed by atoms with E-state index >= 15 is 0 Å². The molecule has 0 spiro atoms. The average molecular weight is 556 g/mol. The lowest BCUT2D eigenvalue weighted by Gasteiger charge is -2.45. The number of anilines is 2. The molecule has 1 aliphatic rings. The zero-order valence-electron chi connectivity index (χ0n) is 22.2. The van der Waals surface area contributed by atoms with Gasteiger partial charge in [-0.25, -0.2) is 0 Å². The molecule has 3 aromatic rings. The SMILES string of the molecule is CCN(CC)C(=O)c1cccc([C@](C)(O)CN2CCN(c3ccc(N)cc3Cl)[C@H](c3ccc(Cl)cc3)C2)c1. The van der Waals surface area contributed by atoms with Gasteiger partial charge >= 0.3 is 0 Å². The molecule has 3 N–H and O–H groups in total. The van der Waals surface area contributed by atoms with Crippen LogP contribution in [0.5, 0.6) is 0 Å². The summed E-state index contributed by atoms with van der Waals surface area (Å²) in [5.41, 5.74) is 8.78. The number of benzene rings is 3. The summed E-state index contributed by atoms with van der Waals surface area (Å²) >= 11 is 12.8. The zero-order chi connectivity index (χ0) is 27.4. The molecular weight excluding hydrogens is 519 g/mol. The first-order chi connectivity index (χ1) is 18.1. The highest BCUT2D eigenvalue weighted by Gasteiger charge is 2.34. The molecular formula is C30H36Cl2N4O2. The lowest BCUT2D eigenvalue weighted by molar-refractivity contribution is 0.0102. The van der Waals surface area contributed by atoms with Crippen LogP contribution in [-0.2, 0) is 5.60 Å². The summed E-state index contributed by atoms with van der Waals surface area (Å²) < 4.78 is 0. The number of nitrogen functional groups attached to an aromatic ring is 1. The van der Waals surface area contributed by atoms with Crippen molar-refractivity contribution in [3.63, 3.8) is 0 Å². The number of amides is 1. The van der Waals surface area contributed by atoms with Crippen LogP contribution in [0.2, 0.25) is 10.0 Å². The maximum absolute atomic E-state index is 12.9. The van der Waals surface area contributed by atoms with Gasteiger partial charge in [0.25, 0.3) is 5.91 Å². The number of carbonyl (C=O) groups is 1. The number of hydrogen-bond acceptors (Lipinski definition) is 5. The molecule has 1 saturated heterocycles. The predicted octanol–water partition coefficient (Wildman–Crippen LogP) is 5.83. The Balaban J connectivity index is 1.58. The van der Waals surface area contributed by atoms with E-state index in [-0.39, 0.29) is 11.9 Å². The number of β-amino-alcohol motifs (C(OH)–C–C–N with tert-alkyl or cyclic N) is 1. The van der Waals surface area contributed by atoms with Crippen molar-refractivity contribution >= 4 is 40.5 Å². The molecule has 0 bridgehead atoms. The standard InChI is InChI=1S/C30H36Cl2N4O2/c1-4-35(5-2)29(37)22-7-6-8-23(17-22)30(3,38)20-34-15-16-36(27-14-13-25(33)18-26(27)32)28(19-34)21-9-11-24(31)12-10-21/h6-14,17-18,28,38H,4-5,15-16,19-20,33H2,1-3H3/t28-,30+/m0/s1. The van der Waals surface area contributed by atoms with E-state index in [2.05, 4.69) is 9.80 Å². The molecule has 4 rings (SSSR count). The summed E-state index contributed by atoms with van der Waals surface area (Å²) in [5.74, 6) is -0.0237. The fourth-order valence-corrected chi connectivity index (χ4v) is 5.63. The Bertz CT molecular complexity index is 1260. The van der Waals surface area contributed by atoms with Crippen LogP contribution in [0.4, 0.5) is 11.4 Å². The molecule has 8 heteroatoms. The fourth-order valence-electron chi connectivity index (χ4n) is 5.21. The van der Waals surface area contributed by atoms with Gasteiger partial charge in [-0.3, -0.25) is 9.69 Å². The van der Waals surface area contributed by atoms with Gasteiger partial charge in [0.05, 0.1) is 22.4 Å². The average Bonchev–Trinajstić information content (AvgIpc) is 2.90. The highest BCUT2D eigenvalue weighted by molar-refractivity contribution is 6.33. The van der Waals surface area contributed by atoms with Crippen LogP contribution in [-0.4, -0.2) is 60.1 Å². The van der Waals surface area contributed by atoms with Crippen LogP contribution < -0.4 is 10.6 Å². The number of rotatable bonds is 8. The number of nitrogens with two attached hydrogens (primary N) is 1. The number of carbonyl (C=O) groups excluding carboxylic acids is 1. The molecule has 1 amide bonds. The maximum atomic E-state index is 12.9. The van der Waals surface area contributed by atoms with Gasteiger partial charge in [0.2, 0.25) is 0 Å². The summed E-state index contributed by atoms with van der Waals surface area (Å²) in [4.78, 5) is 19.3. The van der Waals surface area contributed by atoms with Gasteiger partial charge in [-0.05, 0) is 74.4 Å². The first-order valence-corrected chi connectivity index (χ1v) is 13.8. The number of hydrogen-bond donors (Lipinski definition) is 2. The van der Waals surface area contributed by atoms with Crippen molar-refractivity contribution in [3.8, 4) is 0 Å². The van der Waals surface area contributed by atoms with Crippen LogP contribution in [0.25, 0.3) is 0 Å². The van der Waals surface area contributed by atoms with Crippen LogP contribution in [0, 0.1) is 0 Å². The molecule has 3 aromatic carbocycles. The number of piperazine rings is 1. The Morgan fingerprint density at radius 3 is 2.42 bits per heavy atom. The third kappa shape index (κ3) is 6.26. The predicted molar refractivity (Wildman–Crippen MR) is 157 cm³/mol. The first kappa shape index (κ1) is 28.2. The lowest BCUT2D eigenvalue weighted by Crippen LogP contribution is -2.52. The van der Waals surface area contributed by atoms with E-state index in [4.69, 9.17) is 28.9 Å². The lowest BCUT2D eigenvalue weighted by atomic mass is 9.92. The quantitative estimate of drug-likeness (QED) is 0.343. The molecule has 1 heterocycles. The molecule has 2 atom stereocenters. The topological polar surface area (TPSA) is 73.0 Å². The van der Waals surface area contributed by atoms with E-state index in [1.165, 1.54) is 0 Å². The van der Waals surface area contributed by atoms with Crippen molar-refractivity contribution in [3.05, 3.63) is 93.5 Å². The zero-order valence-corrected chi connectivity index (χ0v) is 23.7. The largest absolute Gasteiger partial charge is 0.399 e. The Morgan fingerprint density at radius 2 is 1.76 bits per heavy atom. The molecule has 202 valence electrons. The summed E-state index contributed by atoms with van der Waals surface area (Å²) in [7, 11) is 0. The van der Waals surface area contributed by atoms with E-state index in [0.29, 0.717) is 54.0 Å². The smallest absolute Gasteiger partial charge is 0.253 e. The summed E-state index contributed by atoms with van der Waals surface area (Å²) in [6.07, 6.45) is 0. The second-order valence-electron chi connectivity index (χ2n) is 10.0. The van der Waals surface area contributed by atoms with E-state index in [1.54, 1.807) is 11.0 Å². The van der Waals surface area contributed by atoms with E-state index in [0.717, 1.165) is 23.4 Å². The highest BCUT2D eigenvalue weighted by atomic mass is 35.5.